The normalized spacial score (nSPS) is 16.2. The molecule has 1 aromatic rings. The highest BCUT2D eigenvalue weighted by Crippen LogP contribution is 2.26. The Morgan fingerprint density at radius 1 is 1.35 bits per heavy atom. The van der Waals surface area contributed by atoms with Gasteiger partial charge in [0.1, 0.15) is 5.75 Å². The van der Waals surface area contributed by atoms with Gasteiger partial charge in [-0.05, 0) is 32.0 Å². The molecule has 1 saturated heterocycles. The molecule has 20 heavy (non-hydrogen) atoms. The van der Waals surface area contributed by atoms with Crippen molar-refractivity contribution >= 4 is 29.1 Å². The summed E-state index contributed by atoms with van der Waals surface area (Å²) in [6, 6.07) is 5.48. The van der Waals surface area contributed by atoms with E-state index in [0.717, 1.165) is 25.9 Å². The maximum atomic E-state index is 12.0. The zero-order valence-electron chi connectivity index (χ0n) is 11.4. The number of piperidine rings is 1. The Morgan fingerprint density at radius 2 is 2.05 bits per heavy atom. The fourth-order valence-corrected chi connectivity index (χ4v) is 2.51. The van der Waals surface area contributed by atoms with E-state index in [9.17, 15) is 4.79 Å². The third-order valence-electron chi connectivity index (χ3n) is 3.51. The molecule has 1 aliphatic rings. The van der Waals surface area contributed by atoms with Crippen molar-refractivity contribution in [1.82, 2.24) is 10.2 Å². The van der Waals surface area contributed by atoms with E-state index in [1.54, 1.807) is 18.2 Å². The number of nitrogens with zero attached hydrogens (tertiary/aromatic N) is 1. The van der Waals surface area contributed by atoms with E-state index >= 15 is 0 Å². The van der Waals surface area contributed by atoms with Gasteiger partial charge in [-0.1, -0.05) is 23.2 Å². The number of ether oxygens (including phenoxy) is 1. The molecule has 1 fully saturated rings. The summed E-state index contributed by atoms with van der Waals surface area (Å²) in [6.07, 6.45) is 1.96. The van der Waals surface area contributed by atoms with Crippen LogP contribution in [0.15, 0.2) is 18.2 Å². The van der Waals surface area contributed by atoms with Gasteiger partial charge in [-0.15, -0.1) is 0 Å². The molecule has 1 N–H and O–H groups in total. The molecule has 0 bridgehead atoms. The zero-order valence-corrected chi connectivity index (χ0v) is 12.9. The minimum atomic E-state index is 0.00521. The third-order valence-corrected chi connectivity index (χ3v) is 4.25. The van der Waals surface area contributed by atoms with Gasteiger partial charge in [0.2, 0.25) is 0 Å². The van der Waals surface area contributed by atoms with Crippen LogP contribution in [-0.2, 0) is 4.79 Å². The van der Waals surface area contributed by atoms with Crippen molar-refractivity contribution in [2.75, 3.05) is 26.7 Å². The van der Waals surface area contributed by atoms with Gasteiger partial charge in [-0.2, -0.15) is 0 Å². The van der Waals surface area contributed by atoms with Crippen LogP contribution in [0.2, 0.25) is 10.0 Å². The summed E-state index contributed by atoms with van der Waals surface area (Å²) in [4.78, 5) is 13.9. The van der Waals surface area contributed by atoms with Gasteiger partial charge < -0.3 is 15.0 Å². The molecular formula is C14H18Cl2N2O2. The summed E-state index contributed by atoms with van der Waals surface area (Å²) < 4.78 is 5.46. The number of hydrogen-bond donors (Lipinski definition) is 1. The molecule has 1 amide bonds. The number of benzene rings is 1. The number of rotatable bonds is 4. The minimum Gasteiger partial charge on any atom is -0.484 e. The summed E-state index contributed by atoms with van der Waals surface area (Å²) in [5.74, 6) is 0.559. The van der Waals surface area contributed by atoms with Crippen LogP contribution in [0, 0.1) is 0 Å². The first-order valence-electron chi connectivity index (χ1n) is 6.63. The molecule has 6 heteroatoms. The Bertz CT molecular complexity index is 474. The van der Waals surface area contributed by atoms with Crippen molar-refractivity contribution in [3.63, 3.8) is 0 Å². The van der Waals surface area contributed by atoms with E-state index < -0.39 is 0 Å². The van der Waals surface area contributed by atoms with Gasteiger partial charge in [-0.3, -0.25) is 4.79 Å². The SMILES string of the molecule is CNC1CCN(C(=O)COc2ccc(Cl)c(Cl)c2)CC1. The molecule has 1 aliphatic heterocycles. The standard InChI is InChI=1S/C14H18Cl2N2O2/c1-17-10-4-6-18(7-5-10)14(19)9-20-11-2-3-12(15)13(16)8-11/h2-3,8,10,17H,4-7,9H2,1H3. The lowest BCUT2D eigenvalue weighted by Gasteiger charge is -2.31. The Hall–Kier alpha value is -0.970. The van der Waals surface area contributed by atoms with Gasteiger partial charge in [-0.25, -0.2) is 0 Å². The molecule has 0 radical (unpaired) electrons. The van der Waals surface area contributed by atoms with Gasteiger partial charge in [0.05, 0.1) is 10.0 Å². The second kappa shape index (κ2) is 7.16. The highest BCUT2D eigenvalue weighted by atomic mass is 35.5. The molecule has 0 saturated carbocycles. The Morgan fingerprint density at radius 3 is 2.65 bits per heavy atom. The van der Waals surface area contributed by atoms with Crippen LogP contribution in [0.25, 0.3) is 0 Å². The van der Waals surface area contributed by atoms with Crippen molar-refractivity contribution in [3.8, 4) is 5.75 Å². The van der Waals surface area contributed by atoms with Crippen LogP contribution < -0.4 is 10.1 Å². The Labute approximate surface area is 129 Å². The van der Waals surface area contributed by atoms with E-state index in [0.29, 0.717) is 21.8 Å². The third kappa shape index (κ3) is 4.01. The second-order valence-electron chi connectivity index (χ2n) is 4.81. The molecule has 0 aromatic heterocycles. The molecule has 4 nitrogen and oxygen atoms in total. The predicted molar refractivity (Wildman–Crippen MR) is 80.6 cm³/mol. The van der Waals surface area contributed by atoms with Crippen LogP contribution in [-0.4, -0.2) is 43.6 Å². The van der Waals surface area contributed by atoms with E-state index in [1.807, 2.05) is 11.9 Å². The first-order chi connectivity index (χ1) is 9.60. The van der Waals surface area contributed by atoms with Crippen molar-refractivity contribution in [2.45, 2.75) is 18.9 Å². The van der Waals surface area contributed by atoms with Crippen LogP contribution >= 0.6 is 23.2 Å². The fourth-order valence-electron chi connectivity index (χ4n) is 2.22. The lowest BCUT2D eigenvalue weighted by Crippen LogP contribution is -2.45. The van der Waals surface area contributed by atoms with Crippen molar-refractivity contribution in [2.24, 2.45) is 0 Å². The molecule has 0 aliphatic carbocycles. The average molecular weight is 317 g/mol. The monoisotopic (exact) mass is 316 g/mol. The maximum Gasteiger partial charge on any atom is 0.260 e. The molecule has 2 rings (SSSR count). The molecule has 110 valence electrons. The highest BCUT2D eigenvalue weighted by molar-refractivity contribution is 6.42. The largest absolute Gasteiger partial charge is 0.484 e. The molecule has 1 aromatic carbocycles. The van der Waals surface area contributed by atoms with Crippen LogP contribution in [0.1, 0.15) is 12.8 Å². The topological polar surface area (TPSA) is 41.6 Å². The first-order valence-corrected chi connectivity index (χ1v) is 7.38. The predicted octanol–water partition coefficient (Wildman–Crippen LogP) is 2.58. The number of carbonyl (C=O) groups excluding carboxylic acids is 1. The number of nitrogens with one attached hydrogen (secondary N) is 1. The zero-order chi connectivity index (χ0) is 14.5. The smallest absolute Gasteiger partial charge is 0.260 e. The molecule has 0 spiro atoms. The molecule has 1 heterocycles. The summed E-state index contributed by atoms with van der Waals surface area (Å²) in [7, 11) is 1.95. The van der Waals surface area contributed by atoms with Crippen molar-refractivity contribution in [1.29, 1.82) is 0 Å². The quantitative estimate of drug-likeness (QED) is 0.928. The molecule has 0 atom stereocenters. The maximum absolute atomic E-state index is 12.0. The van der Waals surface area contributed by atoms with E-state index in [1.165, 1.54) is 0 Å². The number of hydrogen-bond acceptors (Lipinski definition) is 3. The van der Waals surface area contributed by atoms with E-state index in [4.69, 9.17) is 27.9 Å². The summed E-state index contributed by atoms with van der Waals surface area (Å²) in [5, 5.41) is 4.13. The lowest BCUT2D eigenvalue weighted by atomic mass is 10.1. The van der Waals surface area contributed by atoms with Crippen LogP contribution in [0.3, 0.4) is 0 Å². The summed E-state index contributed by atoms with van der Waals surface area (Å²) >= 11 is 11.7. The van der Waals surface area contributed by atoms with Crippen LogP contribution in [0.5, 0.6) is 5.75 Å². The Balaban J connectivity index is 1.81. The number of likely N-dealkylation sites (tertiary alicyclic amines) is 1. The second-order valence-corrected chi connectivity index (χ2v) is 5.62. The van der Waals surface area contributed by atoms with E-state index in [-0.39, 0.29) is 12.5 Å². The van der Waals surface area contributed by atoms with Gasteiger partial charge in [0, 0.05) is 25.2 Å². The Kier molecular flexibility index (Phi) is 5.52. The number of amides is 1. The fraction of sp³-hybridized carbons (Fsp3) is 0.500. The first kappa shape index (κ1) is 15.4. The van der Waals surface area contributed by atoms with Gasteiger partial charge in [0.15, 0.2) is 6.61 Å². The van der Waals surface area contributed by atoms with Crippen molar-refractivity contribution in [3.05, 3.63) is 28.2 Å². The molecular weight excluding hydrogens is 299 g/mol. The van der Waals surface area contributed by atoms with E-state index in [2.05, 4.69) is 5.32 Å². The van der Waals surface area contributed by atoms with Gasteiger partial charge in [0.25, 0.3) is 5.91 Å². The van der Waals surface area contributed by atoms with Gasteiger partial charge >= 0.3 is 0 Å². The summed E-state index contributed by atoms with van der Waals surface area (Å²) in [5.41, 5.74) is 0. The molecule has 0 unspecified atom stereocenters. The minimum absolute atomic E-state index is 0.00521. The number of carbonyl (C=O) groups is 1. The van der Waals surface area contributed by atoms with Crippen molar-refractivity contribution < 1.29 is 9.53 Å². The number of halogens is 2. The lowest BCUT2D eigenvalue weighted by molar-refractivity contribution is -0.134. The van der Waals surface area contributed by atoms with Crippen LogP contribution in [0.4, 0.5) is 0 Å². The summed E-state index contributed by atoms with van der Waals surface area (Å²) in [6.45, 7) is 1.58. The highest BCUT2D eigenvalue weighted by Gasteiger charge is 2.21. The average Bonchev–Trinajstić information content (AvgIpc) is 2.48.